The monoisotopic (exact) mass is 480 g/mol. The van der Waals surface area contributed by atoms with Crippen molar-refractivity contribution in [2.75, 3.05) is 14.2 Å². The van der Waals surface area contributed by atoms with Gasteiger partial charge in [-0.15, -0.1) is 0 Å². The van der Waals surface area contributed by atoms with Crippen LogP contribution in [0.4, 0.5) is 13.2 Å². The lowest BCUT2D eigenvalue weighted by atomic mass is 9.94. The molecule has 0 saturated heterocycles. The summed E-state index contributed by atoms with van der Waals surface area (Å²) in [5, 5.41) is 4.54. The number of para-hydroxylation sites is 1. The molecule has 4 aromatic rings. The Morgan fingerprint density at radius 2 is 1.43 bits per heavy atom. The summed E-state index contributed by atoms with van der Waals surface area (Å²) < 4.78 is 51.2. The number of carbonyl (C=O) groups excluding carboxylic acids is 2. The Morgan fingerprint density at radius 3 is 2.06 bits per heavy atom. The third-order valence-corrected chi connectivity index (χ3v) is 5.34. The Balaban J connectivity index is 2.03. The maximum atomic E-state index is 13.4. The molecule has 0 atom stereocenters. The van der Waals surface area contributed by atoms with Crippen molar-refractivity contribution in [3.05, 3.63) is 95.7 Å². The van der Waals surface area contributed by atoms with Crippen molar-refractivity contribution in [3.8, 4) is 28.1 Å². The fraction of sp³-hybridized carbons (Fsp3) is 0.115. The highest BCUT2D eigenvalue weighted by Crippen LogP contribution is 2.38. The van der Waals surface area contributed by atoms with Crippen molar-refractivity contribution in [2.45, 2.75) is 6.18 Å². The van der Waals surface area contributed by atoms with Gasteiger partial charge in [0.15, 0.2) is 5.69 Å². The number of rotatable bonds is 5. The van der Waals surface area contributed by atoms with E-state index < -0.39 is 23.7 Å². The number of hydrogen-bond donors (Lipinski definition) is 0. The van der Waals surface area contributed by atoms with Crippen molar-refractivity contribution >= 4 is 11.9 Å². The van der Waals surface area contributed by atoms with Crippen LogP contribution in [-0.4, -0.2) is 35.9 Å². The van der Waals surface area contributed by atoms with Crippen molar-refractivity contribution in [1.82, 2.24) is 9.78 Å². The molecule has 0 aliphatic heterocycles. The molecule has 0 aliphatic carbocycles. The van der Waals surface area contributed by atoms with E-state index in [2.05, 4.69) is 5.10 Å². The van der Waals surface area contributed by atoms with Gasteiger partial charge in [0.2, 0.25) is 0 Å². The molecule has 0 aliphatic rings. The van der Waals surface area contributed by atoms with Crippen LogP contribution in [0.15, 0.2) is 78.9 Å². The predicted octanol–water partition coefficient (Wildman–Crippen LogP) is 5.80. The topological polar surface area (TPSA) is 70.4 Å². The molecule has 3 aromatic carbocycles. The Hall–Kier alpha value is -4.40. The van der Waals surface area contributed by atoms with Crippen LogP contribution < -0.4 is 0 Å². The molecule has 0 amide bonds. The van der Waals surface area contributed by atoms with E-state index in [0.29, 0.717) is 16.8 Å². The van der Waals surface area contributed by atoms with Crippen LogP contribution in [-0.2, 0) is 15.7 Å². The number of nitrogens with zero attached hydrogens (tertiary/aromatic N) is 2. The molecule has 4 rings (SSSR count). The van der Waals surface area contributed by atoms with E-state index in [4.69, 9.17) is 9.47 Å². The van der Waals surface area contributed by atoms with Gasteiger partial charge in [0, 0.05) is 5.56 Å². The van der Waals surface area contributed by atoms with Crippen molar-refractivity contribution in [3.63, 3.8) is 0 Å². The zero-order valence-corrected chi connectivity index (χ0v) is 18.7. The summed E-state index contributed by atoms with van der Waals surface area (Å²) in [6.07, 6.45) is -4.53. The SMILES string of the molecule is COC(=O)c1c(-c2ccccc2-c2cccc(C(F)(F)F)c2)nn(-c2ccccc2)c1C(=O)OC. The van der Waals surface area contributed by atoms with E-state index >= 15 is 0 Å². The van der Waals surface area contributed by atoms with E-state index in [1.165, 1.54) is 23.9 Å². The highest BCUT2D eigenvalue weighted by atomic mass is 19.4. The zero-order valence-electron chi connectivity index (χ0n) is 18.7. The highest BCUT2D eigenvalue weighted by Gasteiger charge is 2.33. The molecule has 6 nitrogen and oxygen atoms in total. The minimum atomic E-state index is -4.53. The molecule has 178 valence electrons. The average molecular weight is 480 g/mol. The average Bonchev–Trinajstić information content (AvgIpc) is 3.28. The molecule has 0 bridgehead atoms. The summed E-state index contributed by atoms with van der Waals surface area (Å²) in [6.45, 7) is 0. The number of halogens is 3. The lowest BCUT2D eigenvalue weighted by Gasteiger charge is -2.12. The van der Waals surface area contributed by atoms with Gasteiger partial charge in [0.1, 0.15) is 11.3 Å². The maximum absolute atomic E-state index is 13.4. The third-order valence-electron chi connectivity index (χ3n) is 5.34. The molecule has 0 radical (unpaired) electrons. The first-order valence-corrected chi connectivity index (χ1v) is 10.4. The molecule has 0 fully saturated rings. The summed E-state index contributed by atoms with van der Waals surface area (Å²) >= 11 is 0. The van der Waals surface area contributed by atoms with E-state index in [-0.39, 0.29) is 22.5 Å². The van der Waals surface area contributed by atoms with Gasteiger partial charge in [-0.2, -0.15) is 18.3 Å². The molecule has 0 N–H and O–H groups in total. The number of benzene rings is 3. The standard InChI is InChI=1S/C26H19F3N2O4/c1-34-24(32)21-22(30-31(23(21)25(33)35-2)18-11-4-3-5-12-18)20-14-7-6-13-19(20)16-9-8-10-17(15-16)26(27,28)29/h3-15H,1-2H3. The number of carbonyl (C=O) groups is 2. The zero-order chi connectivity index (χ0) is 25.2. The molecule has 35 heavy (non-hydrogen) atoms. The fourth-order valence-corrected chi connectivity index (χ4v) is 3.75. The lowest BCUT2D eigenvalue weighted by Crippen LogP contribution is -2.15. The molecule has 9 heteroatoms. The number of hydrogen-bond acceptors (Lipinski definition) is 5. The summed E-state index contributed by atoms with van der Waals surface area (Å²) in [7, 11) is 2.33. The second-order valence-electron chi connectivity index (χ2n) is 7.43. The Morgan fingerprint density at radius 1 is 0.800 bits per heavy atom. The van der Waals surface area contributed by atoms with Crippen LogP contribution in [0.1, 0.15) is 26.4 Å². The molecule has 1 aromatic heterocycles. The van der Waals surface area contributed by atoms with Crippen LogP contribution in [0, 0.1) is 0 Å². The van der Waals surface area contributed by atoms with Gasteiger partial charge in [-0.05, 0) is 35.4 Å². The first kappa shape index (κ1) is 23.7. The van der Waals surface area contributed by atoms with Crippen molar-refractivity contribution in [1.29, 1.82) is 0 Å². The van der Waals surface area contributed by atoms with E-state index in [0.717, 1.165) is 19.2 Å². The van der Waals surface area contributed by atoms with E-state index in [1.54, 1.807) is 54.6 Å². The molecular formula is C26H19F3N2O4. The van der Waals surface area contributed by atoms with Crippen molar-refractivity contribution in [2.24, 2.45) is 0 Å². The van der Waals surface area contributed by atoms with Crippen LogP contribution >= 0.6 is 0 Å². The number of aromatic nitrogens is 2. The van der Waals surface area contributed by atoms with Gasteiger partial charge in [-0.1, -0.05) is 54.6 Å². The van der Waals surface area contributed by atoms with Gasteiger partial charge in [-0.3, -0.25) is 0 Å². The largest absolute Gasteiger partial charge is 0.465 e. The van der Waals surface area contributed by atoms with Gasteiger partial charge < -0.3 is 9.47 Å². The number of esters is 2. The van der Waals surface area contributed by atoms with Gasteiger partial charge in [0.05, 0.1) is 25.5 Å². The van der Waals surface area contributed by atoms with E-state index in [9.17, 15) is 22.8 Å². The Kier molecular flexibility index (Phi) is 6.42. The maximum Gasteiger partial charge on any atom is 0.416 e. The number of alkyl halides is 3. The summed E-state index contributed by atoms with van der Waals surface area (Å²) in [4.78, 5) is 25.7. The third kappa shape index (κ3) is 4.52. The fourth-order valence-electron chi connectivity index (χ4n) is 3.75. The Labute approximate surface area is 198 Å². The number of ether oxygens (including phenoxy) is 2. The Bertz CT molecular complexity index is 1400. The predicted molar refractivity (Wildman–Crippen MR) is 122 cm³/mol. The van der Waals surface area contributed by atoms with Crippen LogP contribution in [0.3, 0.4) is 0 Å². The van der Waals surface area contributed by atoms with Gasteiger partial charge in [0.25, 0.3) is 0 Å². The first-order chi connectivity index (χ1) is 16.8. The second kappa shape index (κ2) is 9.46. The van der Waals surface area contributed by atoms with Crippen LogP contribution in [0.5, 0.6) is 0 Å². The summed E-state index contributed by atoms with van der Waals surface area (Å²) in [5.74, 6) is -1.68. The van der Waals surface area contributed by atoms with Crippen molar-refractivity contribution < 1.29 is 32.2 Å². The highest BCUT2D eigenvalue weighted by molar-refractivity contribution is 6.07. The smallest absolute Gasteiger partial charge is 0.416 e. The second-order valence-corrected chi connectivity index (χ2v) is 7.43. The summed E-state index contributed by atoms with van der Waals surface area (Å²) in [6, 6.07) is 20.0. The first-order valence-electron chi connectivity index (χ1n) is 10.4. The minimum absolute atomic E-state index is 0.0640. The molecule has 0 spiro atoms. The van der Waals surface area contributed by atoms with Gasteiger partial charge in [-0.25, -0.2) is 14.3 Å². The van der Waals surface area contributed by atoms with E-state index in [1.807, 2.05) is 0 Å². The summed E-state index contributed by atoms with van der Waals surface area (Å²) in [5.41, 5.74) is 0.380. The minimum Gasteiger partial charge on any atom is -0.465 e. The molecule has 1 heterocycles. The molecule has 0 saturated carbocycles. The molecule has 0 unspecified atom stereocenters. The molecular weight excluding hydrogens is 461 g/mol. The lowest BCUT2D eigenvalue weighted by molar-refractivity contribution is -0.137. The quantitative estimate of drug-likeness (QED) is 0.338. The van der Waals surface area contributed by atoms with Crippen LogP contribution in [0.25, 0.3) is 28.1 Å². The number of methoxy groups -OCH3 is 2. The normalized spacial score (nSPS) is 11.2. The van der Waals surface area contributed by atoms with Gasteiger partial charge >= 0.3 is 18.1 Å². The van der Waals surface area contributed by atoms with Crippen LogP contribution in [0.2, 0.25) is 0 Å².